The Morgan fingerprint density at radius 1 is 0.971 bits per heavy atom. The Kier molecular flexibility index (Phi) is 8.18. The summed E-state index contributed by atoms with van der Waals surface area (Å²) in [5, 5.41) is 9.89. The van der Waals surface area contributed by atoms with Crippen molar-refractivity contribution in [1.82, 2.24) is 19.2 Å². The summed E-state index contributed by atoms with van der Waals surface area (Å²) in [6.07, 6.45) is 11.4. The van der Waals surface area contributed by atoms with Crippen molar-refractivity contribution in [3.63, 3.8) is 0 Å². The minimum atomic E-state index is -0.201. The molecule has 0 bridgehead atoms. The first kappa shape index (κ1) is 25.0. The molecule has 0 saturated heterocycles. The molecule has 0 N–H and O–H groups in total. The number of unbranched alkanes of at least 4 members (excludes halogenated alkanes) is 6. The highest BCUT2D eigenvalue weighted by Gasteiger charge is 2.39. The fourth-order valence-corrected chi connectivity index (χ4v) is 6.22. The standard InChI is InChI=1S/C28H40N4OS/c1-5-8-10-14-18-31-24-22-17-13-12-16-21(22)20-28(4,7-3)23(24)25(33)32-26(31)29-30-27(32)34-19-15-11-9-6-2/h12-13,16-17H,5-11,14-15,18-20H2,1-4H3/t28-/m0/s1. The van der Waals surface area contributed by atoms with Crippen LogP contribution in [0.1, 0.15) is 96.6 Å². The number of aromatic nitrogens is 4. The van der Waals surface area contributed by atoms with Crippen molar-refractivity contribution in [2.75, 3.05) is 5.75 Å². The zero-order valence-electron chi connectivity index (χ0n) is 21.4. The lowest BCUT2D eigenvalue weighted by atomic mass is 9.69. The van der Waals surface area contributed by atoms with Crippen LogP contribution in [-0.4, -0.2) is 24.9 Å². The molecule has 0 radical (unpaired) electrons. The van der Waals surface area contributed by atoms with E-state index in [0.717, 1.165) is 54.4 Å². The maximum absolute atomic E-state index is 14.2. The van der Waals surface area contributed by atoms with Crippen molar-refractivity contribution in [3.8, 4) is 11.3 Å². The Hall–Kier alpha value is -2.08. The molecule has 1 aliphatic rings. The fourth-order valence-electron chi connectivity index (χ4n) is 5.30. The van der Waals surface area contributed by atoms with E-state index >= 15 is 0 Å². The highest BCUT2D eigenvalue weighted by atomic mass is 32.2. The van der Waals surface area contributed by atoms with E-state index < -0.39 is 0 Å². The van der Waals surface area contributed by atoms with Crippen molar-refractivity contribution in [2.45, 2.75) is 109 Å². The monoisotopic (exact) mass is 480 g/mol. The lowest BCUT2D eigenvalue weighted by Gasteiger charge is -2.37. The first-order chi connectivity index (χ1) is 16.6. The quantitative estimate of drug-likeness (QED) is 0.206. The van der Waals surface area contributed by atoms with Gasteiger partial charge in [-0.25, -0.2) is 4.40 Å². The second kappa shape index (κ2) is 11.1. The summed E-state index contributed by atoms with van der Waals surface area (Å²) in [5.41, 5.74) is 4.42. The average molecular weight is 481 g/mol. The van der Waals surface area contributed by atoms with E-state index in [1.54, 1.807) is 11.8 Å². The third-order valence-corrected chi connectivity index (χ3v) is 8.50. The Bertz CT molecular complexity index is 1180. The van der Waals surface area contributed by atoms with Crippen LogP contribution >= 0.6 is 11.8 Å². The summed E-state index contributed by atoms with van der Waals surface area (Å²) >= 11 is 1.68. The van der Waals surface area contributed by atoms with E-state index in [0.29, 0.717) is 5.78 Å². The molecule has 4 rings (SSSR count). The average Bonchev–Trinajstić information content (AvgIpc) is 3.27. The minimum absolute atomic E-state index is 0.0784. The van der Waals surface area contributed by atoms with E-state index in [1.807, 2.05) is 4.40 Å². The first-order valence-corrected chi connectivity index (χ1v) is 14.3. The molecule has 5 nitrogen and oxygen atoms in total. The fraction of sp³-hybridized carbons (Fsp3) is 0.607. The van der Waals surface area contributed by atoms with Gasteiger partial charge in [0.25, 0.3) is 5.56 Å². The van der Waals surface area contributed by atoms with Gasteiger partial charge in [0.2, 0.25) is 5.78 Å². The Morgan fingerprint density at radius 3 is 2.44 bits per heavy atom. The minimum Gasteiger partial charge on any atom is -0.309 e. The van der Waals surface area contributed by atoms with Gasteiger partial charge in [-0.2, -0.15) is 0 Å². The summed E-state index contributed by atoms with van der Waals surface area (Å²) in [5.74, 6) is 1.67. The van der Waals surface area contributed by atoms with Gasteiger partial charge < -0.3 is 4.57 Å². The number of aryl methyl sites for hydroxylation is 1. The molecule has 6 heteroatoms. The lowest BCUT2D eigenvalue weighted by molar-refractivity contribution is 0.433. The van der Waals surface area contributed by atoms with Crippen molar-refractivity contribution in [3.05, 3.63) is 45.7 Å². The Labute approximate surface area is 208 Å². The molecule has 3 aromatic rings. The van der Waals surface area contributed by atoms with Crippen LogP contribution in [0.5, 0.6) is 0 Å². The Morgan fingerprint density at radius 2 is 1.71 bits per heavy atom. The van der Waals surface area contributed by atoms with Crippen LogP contribution in [0.3, 0.4) is 0 Å². The predicted octanol–water partition coefficient (Wildman–Crippen LogP) is 7.03. The Balaban J connectivity index is 1.87. The molecule has 34 heavy (non-hydrogen) atoms. The van der Waals surface area contributed by atoms with Crippen LogP contribution in [0.15, 0.2) is 34.2 Å². The van der Waals surface area contributed by atoms with Crippen LogP contribution < -0.4 is 5.56 Å². The molecule has 0 saturated carbocycles. The highest BCUT2D eigenvalue weighted by Crippen LogP contribution is 2.44. The van der Waals surface area contributed by atoms with E-state index in [2.05, 4.69) is 66.7 Å². The van der Waals surface area contributed by atoms with Crippen LogP contribution in [0, 0.1) is 0 Å². The van der Waals surface area contributed by atoms with Gasteiger partial charge in [-0.05, 0) is 31.2 Å². The number of fused-ring (bicyclic) bond motifs is 4. The van der Waals surface area contributed by atoms with E-state index in [1.165, 1.54) is 49.7 Å². The molecule has 1 aromatic carbocycles. The first-order valence-electron chi connectivity index (χ1n) is 13.3. The van der Waals surface area contributed by atoms with Gasteiger partial charge in [-0.1, -0.05) is 102 Å². The number of hydrogen-bond acceptors (Lipinski definition) is 4. The normalized spacial score (nSPS) is 17.2. The van der Waals surface area contributed by atoms with Gasteiger partial charge in [0.05, 0.1) is 5.69 Å². The molecular weight excluding hydrogens is 440 g/mol. The maximum atomic E-state index is 14.2. The zero-order chi connectivity index (χ0) is 24.1. The van der Waals surface area contributed by atoms with Crippen molar-refractivity contribution < 1.29 is 0 Å². The molecule has 0 aliphatic heterocycles. The van der Waals surface area contributed by atoms with Crippen molar-refractivity contribution >= 4 is 17.5 Å². The van der Waals surface area contributed by atoms with Crippen molar-refractivity contribution in [2.24, 2.45) is 0 Å². The largest absolute Gasteiger partial charge is 0.309 e. The van der Waals surface area contributed by atoms with Crippen LogP contribution in [-0.2, 0) is 18.4 Å². The predicted molar refractivity (Wildman–Crippen MR) is 143 cm³/mol. The summed E-state index contributed by atoms with van der Waals surface area (Å²) in [6, 6.07) is 8.62. The van der Waals surface area contributed by atoms with Crippen molar-refractivity contribution in [1.29, 1.82) is 0 Å². The SMILES string of the molecule is CCCCCCSc1nnc2n(CCCCCC)c3c(c(=O)n12)[C@@](C)(CC)Cc1ccccc1-3. The molecular formula is C28H40N4OS. The number of hydrogen-bond donors (Lipinski definition) is 0. The smallest absolute Gasteiger partial charge is 0.265 e. The molecule has 1 aliphatic carbocycles. The molecule has 184 valence electrons. The summed E-state index contributed by atoms with van der Waals surface area (Å²) in [6.45, 7) is 9.81. The third kappa shape index (κ3) is 4.71. The number of rotatable bonds is 12. The molecule has 2 aromatic heterocycles. The maximum Gasteiger partial charge on any atom is 0.265 e. The van der Waals surface area contributed by atoms with E-state index in [9.17, 15) is 4.79 Å². The van der Waals surface area contributed by atoms with Gasteiger partial charge in [0.1, 0.15) is 0 Å². The molecule has 0 spiro atoms. The second-order valence-corrected chi connectivity index (χ2v) is 11.1. The van der Waals surface area contributed by atoms with Gasteiger partial charge in [0, 0.05) is 28.8 Å². The summed E-state index contributed by atoms with van der Waals surface area (Å²) in [4.78, 5) is 14.2. The lowest BCUT2D eigenvalue weighted by Crippen LogP contribution is -2.39. The number of thioether (sulfide) groups is 1. The molecule has 2 heterocycles. The molecule has 0 fully saturated rings. The zero-order valence-corrected chi connectivity index (χ0v) is 22.2. The molecule has 0 unspecified atom stereocenters. The van der Waals surface area contributed by atoms with Gasteiger partial charge >= 0.3 is 0 Å². The van der Waals surface area contributed by atoms with Gasteiger partial charge in [0.15, 0.2) is 5.16 Å². The van der Waals surface area contributed by atoms with Crippen LogP contribution in [0.2, 0.25) is 0 Å². The topological polar surface area (TPSA) is 52.2 Å². The molecule has 0 amide bonds. The van der Waals surface area contributed by atoms with Gasteiger partial charge in [-0.3, -0.25) is 4.79 Å². The van der Waals surface area contributed by atoms with Crippen LogP contribution in [0.4, 0.5) is 0 Å². The summed E-state index contributed by atoms with van der Waals surface area (Å²) in [7, 11) is 0. The second-order valence-electron chi connectivity index (χ2n) is 10.0. The van der Waals surface area contributed by atoms with Gasteiger partial charge in [-0.15, -0.1) is 10.2 Å². The van der Waals surface area contributed by atoms with E-state index in [-0.39, 0.29) is 11.0 Å². The number of nitrogens with zero attached hydrogens (tertiary/aromatic N) is 4. The third-order valence-electron chi connectivity index (χ3n) is 7.48. The van der Waals surface area contributed by atoms with E-state index in [4.69, 9.17) is 0 Å². The highest BCUT2D eigenvalue weighted by molar-refractivity contribution is 7.99. The summed E-state index contributed by atoms with van der Waals surface area (Å²) < 4.78 is 4.14. The van der Waals surface area contributed by atoms with Crippen LogP contribution in [0.25, 0.3) is 17.0 Å². The number of benzene rings is 1. The molecule has 1 atom stereocenters.